The maximum atomic E-state index is 3.62. The highest BCUT2D eigenvalue weighted by Crippen LogP contribution is 2.10. The summed E-state index contributed by atoms with van der Waals surface area (Å²) in [4.78, 5) is 0. The Balaban J connectivity index is 1.17. The van der Waals surface area contributed by atoms with Crippen molar-refractivity contribution in [2.75, 3.05) is 39.3 Å². The molecule has 0 amide bonds. The summed E-state index contributed by atoms with van der Waals surface area (Å²) in [6.07, 6.45) is 17.7. The Bertz CT molecular complexity index is 645. The van der Waals surface area contributed by atoms with E-state index in [0.29, 0.717) is 0 Å². The standard InChI is InChI=1S/C33H56N4/c1(2-4-6-8-16-25-35-28-19-29-37-31-33-22-13-10-14-23-33)3-5-7-15-24-34-26-17-18-27-36-30-32-20-11-9-12-21-32/h9-14,20-23,34-37H,1-8,15-19,24-31H2. The number of unbranched alkanes of at least 4 members (excludes halogenated alkanes) is 10. The molecule has 0 saturated carbocycles. The highest BCUT2D eigenvalue weighted by Gasteiger charge is 1.96. The molecule has 2 rings (SSSR count). The molecular formula is C33H56N4. The van der Waals surface area contributed by atoms with Gasteiger partial charge in [0.25, 0.3) is 0 Å². The lowest BCUT2D eigenvalue weighted by atomic mass is 10.1. The fraction of sp³-hybridized carbons (Fsp3) is 0.636. The summed E-state index contributed by atoms with van der Waals surface area (Å²) < 4.78 is 0. The minimum Gasteiger partial charge on any atom is -0.317 e. The number of hydrogen-bond donors (Lipinski definition) is 4. The van der Waals surface area contributed by atoms with Crippen LogP contribution in [0.15, 0.2) is 60.7 Å². The maximum Gasteiger partial charge on any atom is 0.0205 e. The second-order valence-electron chi connectivity index (χ2n) is 10.4. The third kappa shape index (κ3) is 20.0. The van der Waals surface area contributed by atoms with Crippen LogP contribution in [0.4, 0.5) is 0 Å². The van der Waals surface area contributed by atoms with Gasteiger partial charge in [-0.3, -0.25) is 0 Å². The fourth-order valence-corrected chi connectivity index (χ4v) is 4.66. The smallest absolute Gasteiger partial charge is 0.0205 e. The quantitative estimate of drug-likeness (QED) is 0.105. The van der Waals surface area contributed by atoms with Crippen LogP contribution in [-0.4, -0.2) is 39.3 Å². The van der Waals surface area contributed by atoms with Crippen molar-refractivity contribution >= 4 is 0 Å². The van der Waals surface area contributed by atoms with Crippen molar-refractivity contribution in [3.8, 4) is 0 Å². The van der Waals surface area contributed by atoms with Gasteiger partial charge in [0, 0.05) is 13.1 Å². The van der Waals surface area contributed by atoms with Gasteiger partial charge in [0.2, 0.25) is 0 Å². The fourth-order valence-electron chi connectivity index (χ4n) is 4.66. The average Bonchev–Trinajstić information content (AvgIpc) is 2.94. The lowest BCUT2D eigenvalue weighted by molar-refractivity contribution is 0.525. The summed E-state index contributed by atoms with van der Waals surface area (Å²) in [5.74, 6) is 0. The molecule has 0 aromatic heterocycles. The van der Waals surface area contributed by atoms with E-state index in [0.717, 1.165) is 39.3 Å². The van der Waals surface area contributed by atoms with E-state index in [1.165, 1.54) is 108 Å². The van der Waals surface area contributed by atoms with Crippen molar-refractivity contribution in [1.82, 2.24) is 21.3 Å². The van der Waals surface area contributed by atoms with Crippen molar-refractivity contribution in [2.45, 2.75) is 96.6 Å². The molecule has 0 aliphatic carbocycles. The van der Waals surface area contributed by atoms with E-state index >= 15 is 0 Å². The summed E-state index contributed by atoms with van der Waals surface area (Å²) >= 11 is 0. The zero-order chi connectivity index (χ0) is 25.9. The molecule has 0 unspecified atom stereocenters. The van der Waals surface area contributed by atoms with Crippen LogP contribution >= 0.6 is 0 Å². The predicted molar refractivity (Wildman–Crippen MR) is 162 cm³/mol. The molecule has 4 heteroatoms. The van der Waals surface area contributed by atoms with Gasteiger partial charge in [-0.05, 0) is 82.5 Å². The van der Waals surface area contributed by atoms with E-state index in [4.69, 9.17) is 0 Å². The van der Waals surface area contributed by atoms with Crippen LogP contribution in [0.3, 0.4) is 0 Å². The summed E-state index contributed by atoms with van der Waals surface area (Å²) in [6, 6.07) is 21.3. The minimum atomic E-state index is 0.979. The van der Waals surface area contributed by atoms with Crippen molar-refractivity contribution < 1.29 is 0 Å². The van der Waals surface area contributed by atoms with E-state index in [-0.39, 0.29) is 0 Å². The molecule has 0 fully saturated rings. The van der Waals surface area contributed by atoms with E-state index < -0.39 is 0 Å². The first-order valence-corrected chi connectivity index (χ1v) is 15.4. The monoisotopic (exact) mass is 508 g/mol. The summed E-state index contributed by atoms with van der Waals surface area (Å²) in [6.45, 7) is 8.83. The molecule has 4 nitrogen and oxygen atoms in total. The SMILES string of the molecule is c1ccc(CNCCCCNCCCCCCCCCCCCNCCCNCc2ccccc2)cc1. The number of rotatable bonds is 26. The molecule has 208 valence electrons. The topological polar surface area (TPSA) is 48.1 Å². The predicted octanol–water partition coefficient (Wildman–Crippen LogP) is 6.82. The van der Waals surface area contributed by atoms with Gasteiger partial charge in [-0.2, -0.15) is 0 Å². The Morgan fingerprint density at radius 1 is 0.297 bits per heavy atom. The molecule has 37 heavy (non-hydrogen) atoms. The van der Waals surface area contributed by atoms with Crippen LogP contribution in [0, 0.1) is 0 Å². The highest BCUT2D eigenvalue weighted by atomic mass is 14.9. The lowest BCUT2D eigenvalue weighted by Crippen LogP contribution is -2.22. The normalized spacial score (nSPS) is 11.2. The van der Waals surface area contributed by atoms with Crippen molar-refractivity contribution in [1.29, 1.82) is 0 Å². The summed E-state index contributed by atoms with van der Waals surface area (Å²) in [7, 11) is 0. The largest absolute Gasteiger partial charge is 0.317 e. The second-order valence-corrected chi connectivity index (χ2v) is 10.4. The maximum absolute atomic E-state index is 3.62. The Labute approximate surface area is 228 Å². The van der Waals surface area contributed by atoms with Crippen molar-refractivity contribution in [2.24, 2.45) is 0 Å². The van der Waals surface area contributed by atoms with Gasteiger partial charge < -0.3 is 21.3 Å². The number of benzene rings is 2. The molecule has 2 aromatic rings. The van der Waals surface area contributed by atoms with Gasteiger partial charge in [0.15, 0.2) is 0 Å². The van der Waals surface area contributed by atoms with Gasteiger partial charge in [-0.1, -0.05) is 112 Å². The molecule has 0 aliphatic heterocycles. The lowest BCUT2D eigenvalue weighted by Gasteiger charge is -2.07. The summed E-state index contributed by atoms with van der Waals surface area (Å²) in [5, 5.41) is 14.3. The van der Waals surface area contributed by atoms with E-state index in [9.17, 15) is 0 Å². The molecule has 4 N–H and O–H groups in total. The van der Waals surface area contributed by atoms with Crippen LogP contribution in [0.1, 0.15) is 94.6 Å². The summed E-state index contributed by atoms with van der Waals surface area (Å²) in [5.41, 5.74) is 2.74. The number of nitrogens with one attached hydrogen (secondary N) is 4. The highest BCUT2D eigenvalue weighted by molar-refractivity contribution is 5.14. The van der Waals surface area contributed by atoms with Crippen molar-refractivity contribution in [3.05, 3.63) is 71.8 Å². The minimum absolute atomic E-state index is 0.979. The van der Waals surface area contributed by atoms with Gasteiger partial charge in [-0.25, -0.2) is 0 Å². The first-order valence-electron chi connectivity index (χ1n) is 15.4. The van der Waals surface area contributed by atoms with Crippen LogP contribution in [0.5, 0.6) is 0 Å². The Kier molecular flexibility index (Phi) is 20.9. The van der Waals surface area contributed by atoms with Crippen LogP contribution < -0.4 is 21.3 Å². The van der Waals surface area contributed by atoms with E-state index in [2.05, 4.69) is 81.9 Å². The molecule has 0 atom stereocenters. The third-order valence-corrected chi connectivity index (χ3v) is 6.97. The van der Waals surface area contributed by atoms with Crippen LogP contribution in [0.25, 0.3) is 0 Å². The van der Waals surface area contributed by atoms with Crippen molar-refractivity contribution in [3.63, 3.8) is 0 Å². The zero-order valence-electron chi connectivity index (χ0n) is 23.6. The molecular weight excluding hydrogens is 452 g/mol. The first kappa shape index (κ1) is 31.5. The third-order valence-electron chi connectivity index (χ3n) is 6.97. The second kappa shape index (κ2) is 24.6. The van der Waals surface area contributed by atoms with Gasteiger partial charge >= 0.3 is 0 Å². The van der Waals surface area contributed by atoms with Crippen LogP contribution in [0.2, 0.25) is 0 Å². The molecule has 0 heterocycles. The zero-order valence-corrected chi connectivity index (χ0v) is 23.6. The van der Waals surface area contributed by atoms with E-state index in [1.54, 1.807) is 0 Å². The Hall–Kier alpha value is -1.72. The molecule has 0 radical (unpaired) electrons. The molecule has 0 spiro atoms. The van der Waals surface area contributed by atoms with Crippen LogP contribution in [-0.2, 0) is 13.1 Å². The average molecular weight is 509 g/mol. The molecule has 0 bridgehead atoms. The van der Waals surface area contributed by atoms with E-state index in [1.807, 2.05) is 0 Å². The van der Waals surface area contributed by atoms with Gasteiger partial charge in [0.05, 0.1) is 0 Å². The molecule has 0 aliphatic rings. The first-order chi connectivity index (χ1) is 18.4. The van der Waals surface area contributed by atoms with Gasteiger partial charge in [0.1, 0.15) is 0 Å². The Morgan fingerprint density at radius 3 is 1.03 bits per heavy atom. The molecule has 2 aromatic carbocycles. The van der Waals surface area contributed by atoms with Gasteiger partial charge in [-0.15, -0.1) is 0 Å². The molecule has 0 saturated heterocycles. The number of hydrogen-bond acceptors (Lipinski definition) is 4. The Morgan fingerprint density at radius 2 is 0.595 bits per heavy atom.